The highest BCUT2D eigenvalue weighted by Crippen LogP contribution is 2.14. The van der Waals surface area contributed by atoms with Gasteiger partial charge in [-0.1, -0.05) is 6.07 Å². The van der Waals surface area contributed by atoms with E-state index in [0.29, 0.717) is 24.2 Å². The number of carboxylic acid groups (broad SMARTS) is 1. The number of anilines is 1. The van der Waals surface area contributed by atoms with Gasteiger partial charge in [-0.15, -0.1) is 0 Å². The number of urea groups is 1. The van der Waals surface area contributed by atoms with Gasteiger partial charge in [-0.3, -0.25) is 9.59 Å². The summed E-state index contributed by atoms with van der Waals surface area (Å²) < 4.78 is 0. The maximum Gasteiger partial charge on any atom is 0.319 e. The third-order valence-corrected chi connectivity index (χ3v) is 3.60. The predicted molar refractivity (Wildman–Crippen MR) is 92.2 cm³/mol. The van der Waals surface area contributed by atoms with Crippen molar-refractivity contribution in [1.82, 2.24) is 10.2 Å². The first-order valence-corrected chi connectivity index (χ1v) is 7.81. The highest BCUT2D eigenvalue weighted by Gasteiger charge is 2.21. The van der Waals surface area contributed by atoms with Gasteiger partial charge in [0.15, 0.2) is 0 Å². The molecule has 0 aliphatic heterocycles. The Hall–Kier alpha value is -2.57. The third-order valence-electron chi connectivity index (χ3n) is 3.60. The van der Waals surface area contributed by atoms with E-state index < -0.39 is 17.5 Å². The monoisotopic (exact) mass is 335 g/mol. The molecule has 0 saturated heterocycles. The van der Waals surface area contributed by atoms with Crippen molar-refractivity contribution in [2.45, 2.75) is 39.2 Å². The van der Waals surface area contributed by atoms with Gasteiger partial charge in [-0.2, -0.15) is 0 Å². The lowest BCUT2D eigenvalue weighted by atomic mass is 9.99. The van der Waals surface area contributed by atoms with E-state index in [2.05, 4.69) is 10.6 Å². The summed E-state index contributed by atoms with van der Waals surface area (Å²) in [5.41, 5.74) is 0.331. The van der Waals surface area contributed by atoms with Gasteiger partial charge in [0, 0.05) is 36.8 Å². The second-order valence-corrected chi connectivity index (χ2v) is 6.26. The van der Waals surface area contributed by atoms with Crippen LogP contribution in [0.25, 0.3) is 0 Å². The van der Waals surface area contributed by atoms with E-state index in [4.69, 9.17) is 5.11 Å². The number of aliphatic carboxylic acids is 1. The molecule has 132 valence electrons. The zero-order valence-corrected chi connectivity index (χ0v) is 14.5. The number of carbonyl (C=O) groups is 3. The molecule has 0 fully saturated rings. The van der Waals surface area contributed by atoms with Crippen molar-refractivity contribution in [3.8, 4) is 0 Å². The van der Waals surface area contributed by atoms with E-state index in [1.165, 1.54) is 0 Å². The third kappa shape index (κ3) is 6.28. The number of benzene rings is 1. The molecule has 0 bridgehead atoms. The number of hydrogen-bond donors (Lipinski definition) is 3. The van der Waals surface area contributed by atoms with Crippen LogP contribution in [0.4, 0.5) is 10.5 Å². The second-order valence-electron chi connectivity index (χ2n) is 6.26. The quantitative estimate of drug-likeness (QED) is 0.713. The summed E-state index contributed by atoms with van der Waals surface area (Å²) in [6, 6.07) is 6.24. The molecule has 0 unspecified atom stereocenters. The number of carboxylic acids is 1. The van der Waals surface area contributed by atoms with E-state index in [1.54, 1.807) is 50.1 Å². The molecule has 3 amide bonds. The summed E-state index contributed by atoms with van der Waals surface area (Å²) in [6.45, 7) is 5.98. The normalized spacial score (nSPS) is 10.8. The molecule has 0 aliphatic rings. The van der Waals surface area contributed by atoms with E-state index in [0.717, 1.165) is 0 Å². The van der Waals surface area contributed by atoms with Crippen LogP contribution in [0.3, 0.4) is 0 Å². The predicted octanol–water partition coefficient (Wildman–Crippen LogP) is 2.54. The summed E-state index contributed by atoms with van der Waals surface area (Å²) in [4.78, 5) is 36.4. The highest BCUT2D eigenvalue weighted by atomic mass is 16.4. The molecule has 7 nitrogen and oxygen atoms in total. The molecule has 24 heavy (non-hydrogen) atoms. The van der Waals surface area contributed by atoms with Crippen molar-refractivity contribution in [1.29, 1.82) is 0 Å². The largest absolute Gasteiger partial charge is 0.481 e. The Labute approximate surface area is 142 Å². The molecule has 0 spiro atoms. The topological polar surface area (TPSA) is 98.7 Å². The van der Waals surface area contributed by atoms with Crippen LogP contribution >= 0.6 is 0 Å². The molecular weight excluding hydrogens is 310 g/mol. The number of nitrogens with one attached hydrogen (secondary N) is 2. The maximum absolute atomic E-state index is 12.1. The minimum atomic E-state index is -0.906. The zero-order chi connectivity index (χ0) is 18.3. The Morgan fingerprint density at radius 1 is 1.25 bits per heavy atom. The van der Waals surface area contributed by atoms with Gasteiger partial charge in [0.05, 0.1) is 0 Å². The first kappa shape index (κ1) is 19.5. The van der Waals surface area contributed by atoms with Gasteiger partial charge >= 0.3 is 12.0 Å². The summed E-state index contributed by atoms with van der Waals surface area (Å²) in [5.74, 6) is -1.03. The van der Waals surface area contributed by atoms with E-state index in [-0.39, 0.29) is 12.3 Å². The highest BCUT2D eigenvalue weighted by molar-refractivity contribution is 5.96. The van der Waals surface area contributed by atoms with E-state index in [9.17, 15) is 14.4 Å². The Morgan fingerprint density at radius 2 is 1.92 bits per heavy atom. The number of carbonyl (C=O) groups excluding carboxylic acids is 2. The lowest BCUT2D eigenvalue weighted by Crippen LogP contribution is -2.45. The fourth-order valence-electron chi connectivity index (χ4n) is 2.05. The van der Waals surface area contributed by atoms with Gasteiger partial charge in [-0.05, 0) is 45.4 Å². The summed E-state index contributed by atoms with van der Waals surface area (Å²) in [6.07, 6.45) is 0.288. The van der Waals surface area contributed by atoms with Crippen molar-refractivity contribution >= 4 is 23.6 Å². The smallest absolute Gasteiger partial charge is 0.319 e. The molecule has 0 aliphatic carbocycles. The van der Waals surface area contributed by atoms with Gasteiger partial charge in [0.2, 0.25) is 0 Å². The SMILES string of the molecule is CCN(C)C(=O)c1cccc(NC(=O)NC(C)(C)CCC(=O)O)c1. The van der Waals surface area contributed by atoms with Gasteiger partial charge in [-0.25, -0.2) is 4.79 Å². The van der Waals surface area contributed by atoms with Gasteiger partial charge < -0.3 is 20.6 Å². The van der Waals surface area contributed by atoms with Crippen LogP contribution in [0.1, 0.15) is 44.0 Å². The van der Waals surface area contributed by atoms with Crippen LogP contribution in [0.2, 0.25) is 0 Å². The molecule has 7 heteroatoms. The average molecular weight is 335 g/mol. The molecule has 0 aromatic heterocycles. The van der Waals surface area contributed by atoms with Gasteiger partial charge in [0.25, 0.3) is 5.91 Å². The molecule has 0 heterocycles. The van der Waals surface area contributed by atoms with Crippen LogP contribution in [0, 0.1) is 0 Å². The first-order valence-electron chi connectivity index (χ1n) is 7.81. The minimum absolute atomic E-state index is 0.0272. The van der Waals surface area contributed by atoms with Crippen LogP contribution < -0.4 is 10.6 Å². The van der Waals surface area contributed by atoms with E-state index in [1.807, 2.05) is 6.92 Å². The Bertz CT molecular complexity index is 614. The lowest BCUT2D eigenvalue weighted by Gasteiger charge is -2.25. The van der Waals surface area contributed by atoms with E-state index >= 15 is 0 Å². The number of nitrogens with zero attached hydrogens (tertiary/aromatic N) is 1. The lowest BCUT2D eigenvalue weighted by molar-refractivity contribution is -0.137. The van der Waals surface area contributed by atoms with Crippen molar-refractivity contribution < 1.29 is 19.5 Å². The Balaban J connectivity index is 2.70. The summed E-state index contributed by atoms with van der Waals surface area (Å²) >= 11 is 0. The fourth-order valence-corrected chi connectivity index (χ4v) is 2.05. The molecule has 1 rings (SSSR count). The fraction of sp³-hybridized carbons (Fsp3) is 0.471. The summed E-state index contributed by atoms with van der Waals surface area (Å²) in [5, 5.41) is 14.1. The number of amides is 3. The van der Waals surface area contributed by atoms with Gasteiger partial charge in [0.1, 0.15) is 0 Å². The molecule has 0 atom stereocenters. The summed E-state index contributed by atoms with van der Waals surface area (Å²) in [7, 11) is 1.71. The maximum atomic E-state index is 12.1. The number of hydrogen-bond acceptors (Lipinski definition) is 3. The second kappa shape index (κ2) is 8.33. The Morgan fingerprint density at radius 3 is 2.50 bits per heavy atom. The Kier molecular flexibility index (Phi) is 6.76. The van der Waals surface area contributed by atoms with Crippen LogP contribution in [0.5, 0.6) is 0 Å². The van der Waals surface area contributed by atoms with Crippen LogP contribution in [-0.4, -0.2) is 47.0 Å². The molecular formula is C17H25N3O4. The first-order chi connectivity index (χ1) is 11.1. The standard InChI is InChI=1S/C17H25N3O4/c1-5-20(4)15(23)12-7-6-8-13(11-12)18-16(24)19-17(2,3)10-9-14(21)22/h6-8,11H,5,9-10H2,1-4H3,(H,21,22)(H2,18,19,24). The van der Waals surface area contributed by atoms with Crippen LogP contribution in [-0.2, 0) is 4.79 Å². The van der Waals surface area contributed by atoms with Crippen molar-refractivity contribution in [2.75, 3.05) is 18.9 Å². The van der Waals surface area contributed by atoms with Crippen LogP contribution in [0.15, 0.2) is 24.3 Å². The van der Waals surface area contributed by atoms with Crippen molar-refractivity contribution in [3.63, 3.8) is 0 Å². The van der Waals surface area contributed by atoms with Crippen molar-refractivity contribution in [3.05, 3.63) is 29.8 Å². The molecule has 3 N–H and O–H groups in total. The molecule has 1 aromatic carbocycles. The number of rotatable bonds is 7. The average Bonchev–Trinajstić information content (AvgIpc) is 2.51. The zero-order valence-electron chi connectivity index (χ0n) is 14.5. The molecule has 0 radical (unpaired) electrons. The minimum Gasteiger partial charge on any atom is -0.481 e. The van der Waals surface area contributed by atoms with Crippen molar-refractivity contribution in [2.24, 2.45) is 0 Å². The molecule has 0 saturated carbocycles. The molecule has 1 aromatic rings.